The Bertz CT molecular complexity index is 1180. The number of thioether (sulfide) groups is 1. The van der Waals surface area contributed by atoms with Crippen LogP contribution in [-0.2, 0) is 11.2 Å². The molecule has 1 N–H and O–H groups in total. The van der Waals surface area contributed by atoms with E-state index >= 15 is 0 Å². The molecule has 1 aliphatic rings. The molecule has 3 aromatic carbocycles. The van der Waals surface area contributed by atoms with Crippen LogP contribution in [0.3, 0.4) is 0 Å². The maximum atomic E-state index is 12.7. The summed E-state index contributed by atoms with van der Waals surface area (Å²) in [5, 5.41) is 13.8. The third kappa shape index (κ3) is 5.06. The molecular formula is C25H23N3O4S. The van der Waals surface area contributed by atoms with Gasteiger partial charge >= 0.3 is 0 Å². The van der Waals surface area contributed by atoms with E-state index in [1.165, 1.54) is 11.6 Å². The summed E-state index contributed by atoms with van der Waals surface area (Å²) in [5.74, 6) is 0.207. The molecule has 1 heterocycles. The molecule has 0 aromatic heterocycles. The Labute approximate surface area is 196 Å². The van der Waals surface area contributed by atoms with Crippen molar-refractivity contribution >= 4 is 35.0 Å². The number of carbonyl (C=O) groups excluding carboxylic acids is 2. The van der Waals surface area contributed by atoms with Crippen molar-refractivity contribution in [1.29, 1.82) is 0 Å². The first-order valence-corrected chi connectivity index (χ1v) is 11.6. The third-order valence-corrected chi connectivity index (χ3v) is 6.92. The van der Waals surface area contributed by atoms with Crippen LogP contribution in [0.1, 0.15) is 32.4 Å². The fourth-order valence-corrected chi connectivity index (χ4v) is 5.04. The van der Waals surface area contributed by atoms with Crippen molar-refractivity contribution in [2.45, 2.75) is 18.7 Å². The zero-order chi connectivity index (χ0) is 23.4. The van der Waals surface area contributed by atoms with Crippen LogP contribution < -0.4 is 5.32 Å². The minimum atomic E-state index is -0.468. The molecule has 0 bridgehead atoms. The van der Waals surface area contributed by atoms with Crippen LogP contribution in [0.2, 0.25) is 0 Å². The topological polar surface area (TPSA) is 92.6 Å². The summed E-state index contributed by atoms with van der Waals surface area (Å²) in [4.78, 5) is 37.7. The Morgan fingerprint density at radius 3 is 2.52 bits per heavy atom. The van der Waals surface area contributed by atoms with E-state index in [0.29, 0.717) is 29.1 Å². The Morgan fingerprint density at radius 2 is 1.82 bits per heavy atom. The second-order valence-electron chi connectivity index (χ2n) is 7.77. The van der Waals surface area contributed by atoms with Crippen LogP contribution in [0.4, 0.5) is 11.4 Å². The molecule has 8 heteroatoms. The lowest BCUT2D eigenvalue weighted by atomic mass is 10.1. The highest BCUT2D eigenvalue weighted by Crippen LogP contribution is 2.38. The average Bonchev–Trinajstić information content (AvgIpc) is 3.19. The van der Waals surface area contributed by atoms with Gasteiger partial charge in [-0.05, 0) is 42.7 Å². The van der Waals surface area contributed by atoms with Gasteiger partial charge in [0.05, 0.1) is 21.9 Å². The number of anilines is 1. The maximum absolute atomic E-state index is 12.7. The second-order valence-corrected chi connectivity index (χ2v) is 8.84. The Balaban J connectivity index is 1.45. The highest BCUT2D eigenvalue weighted by Gasteiger charge is 2.32. The minimum Gasteiger partial charge on any atom is -0.326 e. The van der Waals surface area contributed by atoms with E-state index in [9.17, 15) is 19.7 Å². The lowest BCUT2D eigenvalue weighted by molar-refractivity contribution is -0.385. The van der Waals surface area contributed by atoms with E-state index in [4.69, 9.17) is 0 Å². The first-order valence-electron chi connectivity index (χ1n) is 10.5. The summed E-state index contributed by atoms with van der Waals surface area (Å²) < 4.78 is 0. The number of nitro groups is 1. The standard InChI is InChI=1S/C25H23N3O4S/c1-17-21(8-5-9-22(17)28(31)32)26-24(30)19-10-12-20(13-11-19)25-27(23(29)16-33-25)15-14-18-6-3-2-4-7-18/h2-13,25H,14-16H2,1H3,(H,26,30). The first-order chi connectivity index (χ1) is 15.9. The summed E-state index contributed by atoms with van der Waals surface area (Å²) in [5.41, 5.74) is 3.35. The van der Waals surface area contributed by atoms with Crippen molar-refractivity contribution in [3.8, 4) is 0 Å². The molecule has 0 saturated carbocycles. The van der Waals surface area contributed by atoms with Crippen molar-refractivity contribution in [2.24, 2.45) is 0 Å². The molecule has 2 amide bonds. The molecule has 33 heavy (non-hydrogen) atoms. The number of amides is 2. The van der Waals surface area contributed by atoms with Crippen molar-refractivity contribution in [2.75, 3.05) is 17.6 Å². The van der Waals surface area contributed by atoms with Crippen molar-refractivity contribution in [1.82, 2.24) is 4.90 Å². The minimum absolute atomic E-state index is 0.0401. The number of hydrogen-bond donors (Lipinski definition) is 1. The molecule has 0 spiro atoms. The molecule has 0 aliphatic carbocycles. The highest BCUT2D eigenvalue weighted by molar-refractivity contribution is 8.00. The van der Waals surface area contributed by atoms with Crippen molar-refractivity contribution in [3.63, 3.8) is 0 Å². The molecule has 1 saturated heterocycles. The van der Waals surface area contributed by atoms with Crippen LogP contribution >= 0.6 is 11.8 Å². The molecule has 168 valence electrons. The van der Waals surface area contributed by atoms with Gasteiger partial charge in [0.1, 0.15) is 5.37 Å². The molecule has 1 atom stereocenters. The van der Waals surface area contributed by atoms with Gasteiger partial charge in [0.15, 0.2) is 0 Å². The van der Waals surface area contributed by atoms with Gasteiger partial charge in [-0.15, -0.1) is 11.8 Å². The summed E-state index contributed by atoms with van der Waals surface area (Å²) in [7, 11) is 0. The van der Waals surface area contributed by atoms with Crippen molar-refractivity contribution < 1.29 is 14.5 Å². The monoisotopic (exact) mass is 461 g/mol. The SMILES string of the molecule is Cc1c(NC(=O)c2ccc(C3SCC(=O)N3CCc3ccccc3)cc2)cccc1[N+](=O)[O-]. The van der Waals surface area contributed by atoms with Gasteiger partial charge in [0.25, 0.3) is 11.6 Å². The van der Waals surface area contributed by atoms with Crippen LogP contribution in [-0.4, -0.2) is 33.9 Å². The first kappa shape index (κ1) is 22.5. The number of nitro benzene ring substituents is 1. The fourth-order valence-electron chi connectivity index (χ4n) is 3.82. The van der Waals surface area contributed by atoms with E-state index in [1.807, 2.05) is 35.2 Å². The molecule has 3 aromatic rings. The quantitative estimate of drug-likeness (QED) is 0.396. The Morgan fingerprint density at radius 1 is 1.09 bits per heavy atom. The number of benzene rings is 3. The lowest BCUT2D eigenvalue weighted by Gasteiger charge is -2.24. The van der Waals surface area contributed by atoms with Crippen LogP contribution in [0.15, 0.2) is 72.8 Å². The Hall–Kier alpha value is -3.65. The van der Waals surface area contributed by atoms with E-state index < -0.39 is 4.92 Å². The van der Waals surface area contributed by atoms with E-state index in [1.54, 1.807) is 43.0 Å². The van der Waals surface area contributed by atoms with Gasteiger partial charge in [-0.1, -0.05) is 48.5 Å². The zero-order valence-corrected chi connectivity index (χ0v) is 18.9. The molecule has 1 unspecified atom stereocenters. The molecule has 7 nitrogen and oxygen atoms in total. The normalized spacial score (nSPS) is 15.5. The van der Waals surface area contributed by atoms with Crippen LogP contribution in [0.5, 0.6) is 0 Å². The van der Waals surface area contributed by atoms with Gasteiger partial charge in [-0.2, -0.15) is 0 Å². The predicted molar refractivity (Wildman–Crippen MR) is 129 cm³/mol. The largest absolute Gasteiger partial charge is 0.326 e. The lowest BCUT2D eigenvalue weighted by Crippen LogP contribution is -2.30. The van der Waals surface area contributed by atoms with Gasteiger partial charge < -0.3 is 10.2 Å². The van der Waals surface area contributed by atoms with Gasteiger partial charge in [-0.25, -0.2) is 0 Å². The predicted octanol–water partition coefficient (Wildman–Crippen LogP) is 4.97. The number of rotatable bonds is 7. The zero-order valence-electron chi connectivity index (χ0n) is 18.1. The number of hydrogen-bond acceptors (Lipinski definition) is 5. The summed E-state index contributed by atoms with van der Waals surface area (Å²) in [6.07, 6.45) is 0.784. The molecule has 4 rings (SSSR count). The molecule has 1 fully saturated rings. The molecular weight excluding hydrogens is 438 g/mol. The smallest absolute Gasteiger partial charge is 0.274 e. The van der Waals surface area contributed by atoms with Gasteiger partial charge in [0, 0.05) is 18.2 Å². The van der Waals surface area contributed by atoms with E-state index in [-0.39, 0.29) is 22.9 Å². The second kappa shape index (κ2) is 9.87. The number of carbonyl (C=O) groups is 2. The van der Waals surface area contributed by atoms with Crippen molar-refractivity contribution in [3.05, 3.63) is 105 Å². The maximum Gasteiger partial charge on any atom is 0.274 e. The molecule has 0 radical (unpaired) electrons. The third-order valence-electron chi connectivity index (χ3n) is 5.66. The molecule has 1 aliphatic heterocycles. The van der Waals surface area contributed by atoms with Gasteiger partial charge in [-0.3, -0.25) is 19.7 Å². The number of nitrogens with zero attached hydrogens (tertiary/aromatic N) is 2. The summed E-state index contributed by atoms with van der Waals surface area (Å²) in [6.45, 7) is 2.24. The number of nitrogens with one attached hydrogen (secondary N) is 1. The Kier molecular flexibility index (Phi) is 6.74. The van der Waals surface area contributed by atoms with E-state index in [0.717, 1.165) is 12.0 Å². The van der Waals surface area contributed by atoms with Gasteiger partial charge in [0.2, 0.25) is 5.91 Å². The highest BCUT2D eigenvalue weighted by atomic mass is 32.2. The summed E-state index contributed by atoms with van der Waals surface area (Å²) >= 11 is 1.58. The van der Waals surface area contributed by atoms with Crippen LogP contribution in [0, 0.1) is 17.0 Å². The van der Waals surface area contributed by atoms with E-state index in [2.05, 4.69) is 17.4 Å². The fraction of sp³-hybridized carbons (Fsp3) is 0.200. The van der Waals surface area contributed by atoms with Crippen LogP contribution in [0.25, 0.3) is 0 Å². The summed E-state index contributed by atoms with van der Waals surface area (Å²) in [6, 6.07) is 21.8. The average molecular weight is 462 g/mol.